The number of nitro groups is 1. The van der Waals surface area contributed by atoms with Crippen LogP contribution in [0.2, 0.25) is 0 Å². The summed E-state index contributed by atoms with van der Waals surface area (Å²) in [6.45, 7) is 5.40. The van der Waals surface area contributed by atoms with E-state index in [2.05, 4.69) is 9.80 Å². The van der Waals surface area contributed by atoms with Gasteiger partial charge >= 0.3 is 0 Å². The van der Waals surface area contributed by atoms with Crippen molar-refractivity contribution >= 4 is 5.69 Å². The van der Waals surface area contributed by atoms with Gasteiger partial charge in [-0.25, -0.2) is 0 Å². The Morgan fingerprint density at radius 3 is 1.72 bits per heavy atom. The van der Waals surface area contributed by atoms with Gasteiger partial charge in [0.2, 0.25) is 5.75 Å². The minimum absolute atomic E-state index is 0.129. The monoisotopic (exact) mass is 401 g/mol. The highest BCUT2D eigenvalue weighted by molar-refractivity contribution is 5.53. The van der Waals surface area contributed by atoms with E-state index in [1.807, 2.05) is 24.3 Å². The largest absolute Gasteiger partial charge is 0.493 e. The first kappa shape index (κ1) is 20.9. The second kappa shape index (κ2) is 9.58. The summed E-state index contributed by atoms with van der Waals surface area (Å²) in [5.41, 5.74) is 2.33. The third-order valence-corrected chi connectivity index (χ3v) is 5.15. The summed E-state index contributed by atoms with van der Waals surface area (Å²) < 4.78 is 16.3. The Kier molecular flexibility index (Phi) is 6.90. The molecule has 2 aromatic rings. The lowest BCUT2D eigenvalue weighted by molar-refractivity contribution is -0.384. The molecular formula is C21H27N3O5. The second-order valence-corrected chi connectivity index (χ2v) is 7.01. The highest BCUT2D eigenvalue weighted by atomic mass is 16.6. The second-order valence-electron chi connectivity index (χ2n) is 7.01. The van der Waals surface area contributed by atoms with Gasteiger partial charge in [0.05, 0.1) is 26.3 Å². The molecule has 0 aromatic heterocycles. The van der Waals surface area contributed by atoms with Gasteiger partial charge in [-0.05, 0) is 23.3 Å². The zero-order valence-corrected chi connectivity index (χ0v) is 17.1. The van der Waals surface area contributed by atoms with Gasteiger partial charge in [0.25, 0.3) is 5.69 Å². The Bertz CT molecular complexity index is 808. The lowest BCUT2D eigenvalue weighted by Crippen LogP contribution is -2.45. The summed E-state index contributed by atoms with van der Waals surface area (Å²) in [4.78, 5) is 15.2. The fraction of sp³-hybridized carbons (Fsp3) is 0.429. The van der Waals surface area contributed by atoms with Gasteiger partial charge in [0.15, 0.2) is 11.5 Å². The molecule has 156 valence electrons. The van der Waals surface area contributed by atoms with E-state index in [-0.39, 0.29) is 10.6 Å². The number of rotatable bonds is 8. The van der Waals surface area contributed by atoms with Crippen molar-refractivity contribution < 1.29 is 19.1 Å². The third-order valence-electron chi connectivity index (χ3n) is 5.15. The maximum atomic E-state index is 10.8. The maximum Gasteiger partial charge on any atom is 0.269 e. The summed E-state index contributed by atoms with van der Waals surface area (Å²) in [5.74, 6) is 1.93. The van der Waals surface area contributed by atoms with Gasteiger partial charge in [-0.15, -0.1) is 0 Å². The molecule has 1 aliphatic heterocycles. The number of nitro benzene ring substituents is 1. The van der Waals surface area contributed by atoms with Crippen LogP contribution in [0.5, 0.6) is 17.2 Å². The molecule has 1 aliphatic rings. The first-order valence-corrected chi connectivity index (χ1v) is 9.51. The van der Waals surface area contributed by atoms with Crippen LogP contribution in [-0.4, -0.2) is 62.2 Å². The van der Waals surface area contributed by atoms with E-state index >= 15 is 0 Å². The van der Waals surface area contributed by atoms with Crippen molar-refractivity contribution in [2.75, 3.05) is 47.5 Å². The number of benzene rings is 2. The van der Waals surface area contributed by atoms with Crippen molar-refractivity contribution in [3.8, 4) is 17.2 Å². The summed E-state index contributed by atoms with van der Waals surface area (Å²) >= 11 is 0. The molecule has 8 nitrogen and oxygen atoms in total. The first-order chi connectivity index (χ1) is 14.0. The number of hydrogen-bond acceptors (Lipinski definition) is 7. The van der Waals surface area contributed by atoms with Gasteiger partial charge in [-0.1, -0.05) is 12.1 Å². The van der Waals surface area contributed by atoms with Crippen molar-refractivity contribution in [3.63, 3.8) is 0 Å². The third kappa shape index (κ3) is 5.16. The van der Waals surface area contributed by atoms with Crippen LogP contribution in [0.1, 0.15) is 11.1 Å². The average molecular weight is 401 g/mol. The maximum absolute atomic E-state index is 10.8. The van der Waals surface area contributed by atoms with Crippen LogP contribution >= 0.6 is 0 Å². The van der Waals surface area contributed by atoms with Crippen molar-refractivity contribution in [2.24, 2.45) is 0 Å². The van der Waals surface area contributed by atoms with Gasteiger partial charge < -0.3 is 14.2 Å². The molecule has 0 unspecified atom stereocenters. The predicted molar refractivity (Wildman–Crippen MR) is 110 cm³/mol. The number of piperazine rings is 1. The SMILES string of the molecule is COc1cc(CN2CCN(Cc3ccc([N+](=O)[O-])cc3)CC2)cc(OC)c1OC. The van der Waals surface area contributed by atoms with Crippen LogP contribution in [0.25, 0.3) is 0 Å². The highest BCUT2D eigenvalue weighted by Crippen LogP contribution is 2.38. The Morgan fingerprint density at radius 1 is 0.828 bits per heavy atom. The molecule has 1 saturated heterocycles. The van der Waals surface area contributed by atoms with Crippen molar-refractivity contribution in [1.29, 1.82) is 0 Å². The number of non-ortho nitro benzene ring substituents is 1. The molecule has 0 saturated carbocycles. The van der Waals surface area contributed by atoms with Crippen LogP contribution in [0, 0.1) is 10.1 Å². The van der Waals surface area contributed by atoms with E-state index < -0.39 is 0 Å². The summed E-state index contributed by atoms with van der Waals surface area (Å²) in [7, 11) is 4.85. The lowest BCUT2D eigenvalue weighted by atomic mass is 10.1. The van der Waals surface area contributed by atoms with E-state index in [1.165, 1.54) is 0 Å². The highest BCUT2D eigenvalue weighted by Gasteiger charge is 2.19. The van der Waals surface area contributed by atoms with E-state index in [1.54, 1.807) is 33.5 Å². The van der Waals surface area contributed by atoms with Gasteiger partial charge in [0, 0.05) is 51.4 Å². The molecule has 0 aliphatic carbocycles. The van der Waals surface area contributed by atoms with E-state index in [0.29, 0.717) is 17.2 Å². The molecule has 2 aromatic carbocycles. The van der Waals surface area contributed by atoms with E-state index in [4.69, 9.17) is 14.2 Å². The zero-order valence-electron chi connectivity index (χ0n) is 17.1. The van der Waals surface area contributed by atoms with Crippen molar-refractivity contribution in [2.45, 2.75) is 13.1 Å². The molecule has 0 spiro atoms. The Balaban J connectivity index is 1.56. The smallest absolute Gasteiger partial charge is 0.269 e. The van der Waals surface area contributed by atoms with Crippen molar-refractivity contribution in [1.82, 2.24) is 9.80 Å². The topological polar surface area (TPSA) is 77.3 Å². The van der Waals surface area contributed by atoms with E-state index in [9.17, 15) is 10.1 Å². The molecule has 0 amide bonds. The molecule has 0 radical (unpaired) electrons. The van der Waals surface area contributed by atoms with Crippen LogP contribution < -0.4 is 14.2 Å². The standard InChI is InChI=1S/C21H27N3O5/c1-27-19-12-17(13-20(28-2)21(19)29-3)15-23-10-8-22(9-11-23)14-16-4-6-18(7-5-16)24(25)26/h4-7,12-13H,8-11,14-15H2,1-3H3. The molecule has 0 bridgehead atoms. The molecular weight excluding hydrogens is 374 g/mol. The predicted octanol–water partition coefficient (Wildman–Crippen LogP) is 2.94. The normalized spacial score (nSPS) is 15.1. The summed E-state index contributed by atoms with van der Waals surface area (Å²) in [5, 5.41) is 10.8. The molecule has 1 heterocycles. The minimum Gasteiger partial charge on any atom is -0.493 e. The number of methoxy groups -OCH3 is 3. The molecule has 8 heteroatoms. The molecule has 0 atom stereocenters. The van der Waals surface area contributed by atoms with E-state index in [0.717, 1.165) is 50.4 Å². The summed E-state index contributed by atoms with van der Waals surface area (Å²) in [6.07, 6.45) is 0. The fourth-order valence-corrected chi connectivity index (χ4v) is 3.57. The molecule has 1 fully saturated rings. The van der Waals surface area contributed by atoms with Crippen molar-refractivity contribution in [3.05, 3.63) is 57.6 Å². The lowest BCUT2D eigenvalue weighted by Gasteiger charge is -2.34. The summed E-state index contributed by atoms with van der Waals surface area (Å²) in [6, 6.07) is 10.8. The fourth-order valence-electron chi connectivity index (χ4n) is 3.57. The Morgan fingerprint density at radius 2 is 1.31 bits per heavy atom. The van der Waals surface area contributed by atoms with Crippen LogP contribution in [0.4, 0.5) is 5.69 Å². The minimum atomic E-state index is -0.369. The average Bonchev–Trinajstić information content (AvgIpc) is 2.74. The zero-order chi connectivity index (χ0) is 20.8. The number of nitrogens with zero attached hydrogens (tertiary/aromatic N) is 3. The number of hydrogen-bond donors (Lipinski definition) is 0. The molecule has 29 heavy (non-hydrogen) atoms. The Labute approximate surface area is 170 Å². The van der Waals surface area contributed by atoms with Crippen LogP contribution in [-0.2, 0) is 13.1 Å². The van der Waals surface area contributed by atoms with Gasteiger partial charge in [-0.3, -0.25) is 19.9 Å². The molecule has 0 N–H and O–H groups in total. The first-order valence-electron chi connectivity index (χ1n) is 9.51. The quantitative estimate of drug-likeness (QED) is 0.497. The van der Waals surface area contributed by atoms with Gasteiger partial charge in [-0.2, -0.15) is 0 Å². The van der Waals surface area contributed by atoms with Crippen LogP contribution in [0.3, 0.4) is 0 Å². The van der Waals surface area contributed by atoms with Gasteiger partial charge in [0.1, 0.15) is 0 Å². The molecule has 3 rings (SSSR count). The van der Waals surface area contributed by atoms with Crippen LogP contribution in [0.15, 0.2) is 36.4 Å². The number of ether oxygens (including phenoxy) is 3. The Hall–Kier alpha value is -2.84.